The lowest BCUT2D eigenvalue weighted by molar-refractivity contribution is 0.458. The Labute approximate surface area is 110 Å². The number of furan rings is 1. The Bertz CT molecular complexity index is 492. The minimum atomic E-state index is 0.313. The third kappa shape index (κ3) is 2.99. The lowest BCUT2D eigenvalue weighted by Gasteiger charge is -2.15. The standard InChI is InChI=1S/C14H16BrNO/c1-10-5-3-4-6-12(10)11(2)16-9-14-13(15)7-8-17-14/h3-8,11,16H,9H2,1-2H3/t11-/m0/s1. The molecule has 1 aromatic carbocycles. The maximum atomic E-state index is 5.37. The number of aryl methyl sites for hydroxylation is 1. The second-order valence-corrected chi connectivity index (χ2v) is 5.01. The smallest absolute Gasteiger partial charge is 0.131 e. The highest BCUT2D eigenvalue weighted by Gasteiger charge is 2.09. The van der Waals surface area contributed by atoms with E-state index in [0.29, 0.717) is 6.04 Å². The molecule has 0 saturated heterocycles. The summed E-state index contributed by atoms with van der Waals surface area (Å²) in [5.74, 6) is 0.936. The Morgan fingerprint density at radius 3 is 2.71 bits per heavy atom. The van der Waals surface area contributed by atoms with Gasteiger partial charge in [-0.25, -0.2) is 0 Å². The molecule has 1 aromatic heterocycles. The van der Waals surface area contributed by atoms with Crippen molar-refractivity contribution in [1.29, 1.82) is 0 Å². The Morgan fingerprint density at radius 1 is 1.29 bits per heavy atom. The summed E-state index contributed by atoms with van der Waals surface area (Å²) >= 11 is 3.45. The van der Waals surface area contributed by atoms with E-state index < -0.39 is 0 Å². The molecule has 3 heteroatoms. The van der Waals surface area contributed by atoms with Gasteiger partial charge in [-0.2, -0.15) is 0 Å². The van der Waals surface area contributed by atoms with Gasteiger partial charge in [-0.15, -0.1) is 0 Å². The van der Waals surface area contributed by atoms with E-state index in [9.17, 15) is 0 Å². The first-order valence-corrected chi connectivity index (χ1v) is 6.48. The first-order chi connectivity index (χ1) is 8.18. The van der Waals surface area contributed by atoms with Crippen molar-refractivity contribution >= 4 is 15.9 Å². The van der Waals surface area contributed by atoms with Crippen molar-refractivity contribution in [1.82, 2.24) is 5.32 Å². The summed E-state index contributed by atoms with van der Waals surface area (Å²) in [5.41, 5.74) is 2.64. The van der Waals surface area contributed by atoms with Crippen molar-refractivity contribution in [2.75, 3.05) is 0 Å². The van der Waals surface area contributed by atoms with Gasteiger partial charge in [0.2, 0.25) is 0 Å². The van der Waals surface area contributed by atoms with Gasteiger partial charge >= 0.3 is 0 Å². The summed E-state index contributed by atoms with van der Waals surface area (Å²) in [7, 11) is 0. The number of hydrogen-bond acceptors (Lipinski definition) is 2. The average Bonchev–Trinajstić information content (AvgIpc) is 2.72. The normalized spacial score (nSPS) is 12.6. The zero-order valence-electron chi connectivity index (χ0n) is 10.0. The first-order valence-electron chi connectivity index (χ1n) is 5.69. The maximum Gasteiger partial charge on any atom is 0.131 e. The predicted molar refractivity (Wildman–Crippen MR) is 72.8 cm³/mol. The third-order valence-electron chi connectivity index (χ3n) is 2.91. The summed E-state index contributed by atoms with van der Waals surface area (Å²) in [6.07, 6.45) is 1.69. The molecule has 2 nitrogen and oxygen atoms in total. The highest BCUT2D eigenvalue weighted by Crippen LogP contribution is 2.20. The fourth-order valence-corrected chi connectivity index (χ4v) is 2.22. The number of benzene rings is 1. The van der Waals surface area contributed by atoms with Crippen LogP contribution >= 0.6 is 15.9 Å². The Hall–Kier alpha value is -1.06. The summed E-state index contributed by atoms with van der Waals surface area (Å²) in [4.78, 5) is 0. The Balaban J connectivity index is 2.01. The van der Waals surface area contributed by atoms with E-state index in [1.807, 2.05) is 6.07 Å². The van der Waals surface area contributed by atoms with Crippen LogP contribution in [-0.2, 0) is 6.54 Å². The second-order valence-electron chi connectivity index (χ2n) is 4.15. The van der Waals surface area contributed by atoms with E-state index in [4.69, 9.17) is 4.42 Å². The quantitative estimate of drug-likeness (QED) is 0.914. The molecule has 1 atom stereocenters. The third-order valence-corrected chi connectivity index (χ3v) is 3.62. The van der Waals surface area contributed by atoms with Crippen LogP contribution in [0.15, 0.2) is 45.5 Å². The van der Waals surface area contributed by atoms with Crippen LogP contribution in [0, 0.1) is 6.92 Å². The molecule has 0 unspecified atom stereocenters. The topological polar surface area (TPSA) is 25.2 Å². The van der Waals surface area contributed by atoms with Crippen LogP contribution in [0.25, 0.3) is 0 Å². The highest BCUT2D eigenvalue weighted by atomic mass is 79.9. The van der Waals surface area contributed by atoms with Crippen LogP contribution in [-0.4, -0.2) is 0 Å². The molecule has 2 aromatic rings. The molecule has 0 saturated carbocycles. The molecule has 2 rings (SSSR count). The molecule has 0 bridgehead atoms. The van der Waals surface area contributed by atoms with Gasteiger partial charge in [-0.1, -0.05) is 24.3 Å². The molecule has 0 amide bonds. The largest absolute Gasteiger partial charge is 0.467 e. The van der Waals surface area contributed by atoms with E-state index >= 15 is 0 Å². The molecule has 0 aliphatic rings. The lowest BCUT2D eigenvalue weighted by atomic mass is 10.0. The van der Waals surface area contributed by atoms with Crippen molar-refractivity contribution in [3.05, 3.63) is 58.0 Å². The zero-order chi connectivity index (χ0) is 12.3. The number of halogens is 1. The van der Waals surface area contributed by atoms with Gasteiger partial charge in [0.25, 0.3) is 0 Å². The monoisotopic (exact) mass is 293 g/mol. The van der Waals surface area contributed by atoms with Gasteiger partial charge in [-0.05, 0) is 47.0 Å². The molecular weight excluding hydrogens is 278 g/mol. The molecule has 1 heterocycles. The highest BCUT2D eigenvalue weighted by molar-refractivity contribution is 9.10. The molecule has 0 spiro atoms. The van der Waals surface area contributed by atoms with Gasteiger partial charge < -0.3 is 9.73 Å². The minimum Gasteiger partial charge on any atom is -0.467 e. The van der Waals surface area contributed by atoms with Crippen LogP contribution in [0.5, 0.6) is 0 Å². The zero-order valence-corrected chi connectivity index (χ0v) is 11.6. The molecular formula is C14H16BrNO. The average molecular weight is 294 g/mol. The molecule has 90 valence electrons. The number of nitrogens with one attached hydrogen (secondary N) is 1. The fourth-order valence-electron chi connectivity index (χ4n) is 1.88. The van der Waals surface area contributed by atoms with Crippen LogP contribution in [0.1, 0.15) is 29.9 Å². The second kappa shape index (κ2) is 5.52. The molecule has 0 aliphatic heterocycles. The van der Waals surface area contributed by atoms with E-state index in [2.05, 4.69) is 59.4 Å². The van der Waals surface area contributed by atoms with E-state index in [1.165, 1.54) is 11.1 Å². The van der Waals surface area contributed by atoms with Gasteiger partial charge in [0.15, 0.2) is 0 Å². The Kier molecular flexibility index (Phi) is 4.02. The molecule has 0 aliphatic carbocycles. The molecule has 17 heavy (non-hydrogen) atoms. The molecule has 0 fully saturated rings. The number of hydrogen-bond donors (Lipinski definition) is 1. The van der Waals surface area contributed by atoms with Crippen molar-refractivity contribution < 1.29 is 4.42 Å². The van der Waals surface area contributed by atoms with Gasteiger partial charge in [0, 0.05) is 6.04 Å². The SMILES string of the molecule is Cc1ccccc1[C@H](C)NCc1occc1Br. The predicted octanol–water partition coefficient (Wildman–Crippen LogP) is 4.20. The minimum absolute atomic E-state index is 0.313. The van der Waals surface area contributed by atoms with Gasteiger partial charge in [0.05, 0.1) is 17.3 Å². The van der Waals surface area contributed by atoms with E-state index in [-0.39, 0.29) is 0 Å². The molecule has 1 N–H and O–H groups in total. The van der Waals surface area contributed by atoms with Crippen molar-refractivity contribution in [3.63, 3.8) is 0 Å². The van der Waals surface area contributed by atoms with Crippen LogP contribution in [0.4, 0.5) is 0 Å². The lowest BCUT2D eigenvalue weighted by Crippen LogP contribution is -2.18. The van der Waals surface area contributed by atoms with Crippen LogP contribution in [0.2, 0.25) is 0 Å². The summed E-state index contributed by atoms with van der Waals surface area (Å²) in [6.45, 7) is 5.03. The van der Waals surface area contributed by atoms with Crippen molar-refractivity contribution in [2.24, 2.45) is 0 Å². The van der Waals surface area contributed by atoms with Crippen LogP contribution < -0.4 is 5.32 Å². The van der Waals surface area contributed by atoms with Gasteiger partial charge in [0.1, 0.15) is 5.76 Å². The summed E-state index contributed by atoms with van der Waals surface area (Å²) in [5, 5.41) is 3.46. The van der Waals surface area contributed by atoms with E-state index in [1.54, 1.807) is 6.26 Å². The van der Waals surface area contributed by atoms with Gasteiger partial charge in [-0.3, -0.25) is 0 Å². The fraction of sp³-hybridized carbons (Fsp3) is 0.286. The maximum absolute atomic E-state index is 5.37. The summed E-state index contributed by atoms with van der Waals surface area (Å²) in [6, 6.07) is 10.7. The molecule has 0 radical (unpaired) electrons. The van der Waals surface area contributed by atoms with Crippen molar-refractivity contribution in [3.8, 4) is 0 Å². The van der Waals surface area contributed by atoms with Crippen LogP contribution in [0.3, 0.4) is 0 Å². The number of rotatable bonds is 4. The van der Waals surface area contributed by atoms with Crippen molar-refractivity contribution in [2.45, 2.75) is 26.4 Å². The Morgan fingerprint density at radius 2 is 2.06 bits per heavy atom. The first kappa shape index (κ1) is 12.4. The van der Waals surface area contributed by atoms with E-state index in [0.717, 1.165) is 16.8 Å². The summed E-state index contributed by atoms with van der Waals surface area (Å²) < 4.78 is 6.39.